The van der Waals surface area contributed by atoms with Crippen LogP contribution in [-0.2, 0) is 0 Å². The molecule has 0 aliphatic carbocycles. The van der Waals surface area contributed by atoms with Crippen molar-refractivity contribution in [2.45, 2.75) is 13.8 Å². The number of anilines is 1. The molecule has 1 aliphatic heterocycles. The Labute approximate surface area is 144 Å². The van der Waals surface area contributed by atoms with Crippen molar-refractivity contribution in [3.63, 3.8) is 0 Å². The standard InChI is InChI=1S/C16H21BrN6/c1-12(17)11-21-6-8-22(9-7-21)15-4-5-16(19-18-15)23-14(3)10-13(2)20-23/h4-5,10H,1,6-9,11H2,2-3H3. The van der Waals surface area contributed by atoms with Gasteiger partial charge in [0.2, 0.25) is 0 Å². The first-order valence-electron chi connectivity index (χ1n) is 7.71. The number of rotatable bonds is 4. The molecule has 0 atom stereocenters. The number of hydrogen-bond acceptors (Lipinski definition) is 5. The molecule has 7 heteroatoms. The molecular weight excluding hydrogens is 356 g/mol. The predicted octanol–water partition coefficient (Wildman–Crippen LogP) is 2.31. The lowest BCUT2D eigenvalue weighted by Crippen LogP contribution is -2.47. The zero-order valence-electron chi connectivity index (χ0n) is 13.5. The summed E-state index contributed by atoms with van der Waals surface area (Å²) in [5, 5.41) is 13.2. The van der Waals surface area contributed by atoms with Gasteiger partial charge < -0.3 is 4.90 Å². The van der Waals surface area contributed by atoms with E-state index in [9.17, 15) is 0 Å². The van der Waals surface area contributed by atoms with E-state index in [1.165, 1.54) is 0 Å². The summed E-state index contributed by atoms with van der Waals surface area (Å²) < 4.78 is 2.85. The molecule has 6 nitrogen and oxygen atoms in total. The minimum absolute atomic E-state index is 0.758. The van der Waals surface area contributed by atoms with Crippen molar-refractivity contribution in [3.8, 4) is 5.82 Å². The molecule has 3 heterocycles. The quantitative estimate of drug-likeness (QED) is 0.819. The van der Waals surface area contributed by atoms with Crippen LogP contribution in [0.25, 0.3) is 5.82 Å². The van der Waals surface area contributed by atoms with Crippen LogP contribution in [0.5, 0.6) is 0 Å². The van der Waals surface area contributed by atoms with E-state index in [1.54, 1.807) is 0 Å². The molecule has 23 heavy (non-hydrogen) atoms. The molecule has 0 N–H and O–H groups in total. The van der Waals surface area contributed by atoms with Crippen LogP contribution < -0.4 is 4.90 Å². The van der Waals surface area contributed by atoms with Crippen molar-refractivity contribution in [3.05, 3.63) is 40.6 Å². The Hall–Kier alpha value is -1.73. The molecule has 0 amide bonds. The molecular formula is C16H21BrN6. The van der Waals surface area contributed by atoms with Gasteiger partial charge >= 0.3 is 0 Å². The zero-order valence-corrected chi connectivity index (χ0v) is 15.1. The minimum Gasteiger partial charge on any atom is -0.353 e. The molecule has 1 saturated heterocycles. The topological polar surface area (TPSA) is 50.1 Å². The summed E-state index contributed by atoms with van der Waals surface area (Å²) in [4.78, 5) is 4.65. The number of aryl methyl sites for hydroxylation is 2. The zero-order chi connectivity index (χ0) is 16.4. The summed E-state index contributed by atoms with van der Waals surface area (Å²) in [6.45, 7) is 12.7. The Morgan fingerprint density at radius 2 is 1.78 bits per heavy atom. The first kappa shape index (κ1) is 16.1. The Kier molecular flexibility index (Phi) is 4.77. The number of hydrogen-bond donors (Lipinski definition) is 0. The SMILES string of the molecule is C=C(Br)CN1CCN(c2ccc(-n3nc(C)cc3C)nn2)CC1. The fourth-order valence-electron chi connectivity index (χ4n) is 2.84. The lowest BCUT2D eigenvalue weighted by molar-refractivity contribution is 0.282. The van der Waals surface area contributed by atoms with Crippen LogP contribution >= 0.6 is 15.9 Å². The molecule has 3 rings (SSSR count). The maximum atomic E-state index is 4.44. The minimum atomic E-state index is 0.758. The maximum absolute atomic E-state index is 4.44. The van der Waals surface area contributed by atoms with Crippen LogP contribution in [0.15, 0.2) is 29.3 Å². The van der Waals surface area contributed by atoms with E-state index in [0.717, 1.165) is 60.2 Å². The summed E-state index contributed by atoms with van der Waals surface area (Å²) in [5.74, 6) is 1.68. The van der Waals surface area contributed by atoms with Gasteiger partial charge in [0.25, 0.3) is 0 Å². The molecule has 0 radical (unpaired) electrons. The van der Waals surface area contributed by atoms with Crippen molar-refractivity contribution in [2.24, 2.45) is 0 Å². The average Bonchev–Trinajstić information content (AvgIpc) is 2.86. The van der Waals surface area contributed by atoms with Gasteiger partial charge in [-0.05, 0) is 32.0 Å². The molecule has 1 fully saturated rings. The van der Waals surface area contributed by atoms with E-state index >= 15 is 0 Å². The molecule has 0 unspecified atom stereocenters. The van der Waals surface area contributed by atoms with E-state index < -0.39 is 0 Å². The summed E-state index contributed by atoms with van der Waals surface area (Å²) in [6, 6.07) is 6.04. The number of aromatic nitrogens is 4. The highest BCUT2D eigenvalue weighted by atomic mass is 79.9. The second-order valence-electron chi connectivity index (χ2n) is 5.87. The lowest BCUT2D eigenvalue weighted by atomic mass is 10.3. The predicted molar refractivity (Wildman–Crippen MR) is 95.3 cm³/mol. The normalized spacial score (nSPS) is 15.9. The van der Waals surface area contributed by atoms with Gasteiger partial charge in [0.15, 0.2) is 11.6 Å². The van der Waals surface area contributed by atoms with Gasteiger partial charge in [-0.3, -0.25) is 4.90 Å². The molecule has 0 aromatic carbocycles. The van der Waals surface area contributed by atoms with Gasteiger partial charge in [0.1, 0.15) is 0 Å². The monoisotopic (exact) mass is 376 g/mol. The van der Waals surface area contributed by atoms with Gasteiger partial charge in [-0.15, -0.1) is 10.2 Å². The highest BCUT2D eigenvalue weighted by Gasteiger charge is 2.18. The highest BCUT2D eigenvalue weighted by Crippen LogP contribution is 2.16. The van der Waals surface area contributed by atoms with Crippen molar-refractivity contribution < 1.29 is 0 Å². The van der Waals surface area contributed by atoms with Crippen LogP contribution in [0, 0.1) is 13.8 Å². The van der Waals surface area contributed by atoms with Crippen LogP contribution in [-0.4, -0.2) is 57.6 Å². The summed E-state index contributed by atoms with van der Waals surface area (Å²) in [6.07, 6.45) is 0. The molecule has 2 aromatic heterocycles. The fraction of sp³-hybridized carbons (Fsp3) is 0.438. The fourth-order valence-corrected chi connectivity index (χ4v) is 3.19. The Morgan fingerprint density at radius 3 is 2.30 bits per heavy atom. The molecule has 122 valence electrons. The first-order chi connectivity index (χ1) is 11.0. The van der Waals surface area contributed by atoms with Crippen LogP contribution in [0.2, 0.25) is 0 Å². The highest BCUT2D eigenvalue weighted by molar-refractivity contribution is 9.11. The Balaban J connectivity index is 1.66. The van der Waals surface area contributed by atoms with Crippen molar-refractivity contribution in [1.29, 1.82) is 0 Å². The summed E-state index contributed by atoms with van der Waals surface area (Å²) in [5.41, 5.74) is 2.05. The summed E-state index contributed by atoms with van der Waals surface area (Å²) >= 11 is 3.43. The van der Waals surface area contributed by atoms with Gasteiger partial charge in [0.05, 0.1) is 5.69 Å². The molecule has 0 saturated carbocycles. The van der Waals surface area contributed by atoms with Crippen LogP contribution in [0.3, 0.4) is 0 Å². The van der Waals surface area contributed by atoms with E-state index in [1.807, 2.05) is 36.7 Å². The Bertz CT molecular complexity index is 685. The van der Waals surface area contributed by atoms with Crippen molar-refractivity contribution in [1.82, 2.24) is 24.9 Å². The number of halogens is 1. The molecule has 2 aromatic rings. The lowest BCUT2D eigenvalue weighted by Gasteiger charge is -2.35. The van der Waals surface area contributed by atoms with E-state index in [2.05, 4.69) is 47.6 Å². The first-order valence-corrected chi connectivity index (χ1v) is 8.50. The largest absolute Gasteiger partial charge is 0.353 e. The average molecular weight is 377 g/mol. The number of piperazine rings is 1. The van der Waals surface area contributed by atoms with E-state index in [0.29, 0.717) is 0 Å². The molecule has 1 aliphatic rings. The second-order valence-corrected chi connectivity index (χ2v) is 6.99. The van der Waals surface area contributed by atoms with Crippen molar-refractivity contribution >= 4 is 21.7 Å². The van der Waals surface area contributed by atoms with E-state index in [4.69, 9.17) is 0 Å². The Morgan fingerprint density at radius 1 is 1.13 bits per heavy atom. The van der Waals surface area contributed by atoms with Gasteiger partial charge in [-0.2, -0.15) is 5.10 Å². The van der Waals surface area contributed by atoms with Crippen LogP contribution in [0.4, 0.5) is 5.82 Å². The van der Waals surface area contributed by atoms with Gasteiger partial charge in [-0.25, -0.2) is 4.68 Å². The molecule has 0 bridgehead atoms. The third-order valence-electron chi connectivity index (χ3n) is 3.95. The third-order valence-corrected chi connectivity index (χ3v) is 4.21. The maximum Gasteiger partial charge on any atom is 0.176 e. The van der Waals surface area contributed by atoms with E-state index in [-0.39, 0.29) is 0 Å². The number of nitrogens with zero attached hydrogens (tertiary/aromatic N) is 6. The van der Waals surface area contributed by atoms with Crippen LogP contribution in [0.1, 0.15) is 11.4 Å². The summed E-state index contributed by atoms with van der Waals surface area (Å²) in [7, 11) is 0. The van der Waals surface area contributed by atoms with Gasteiger partial charge in [0, 0.05) is 42.9 Å². The second kappa shape index (κ2) is 6.80. The van der Waals surface area contributed by atoms with Gasteiger partial charge in [-0.1, -0.05) is 22.5 Å². The molecule has 0 spiro atoms. The third kappa shape index (κ3) is 3.79. The smallest absolute Gasteiger partial charge is 0.176 e. The van der Waals surface area contributed by atoms with Crippen molar-refractivity contribution in [2.75, 3.05) is 37.6 Å².